The first-order valence-electron chi connectivity index (χ1n) is 9.14. The zero-order valence-corrected chi connectivity index (χ0v) is 16.1. The second-order valence-corrected chi connectivity index (χ2v) is 6.51. The van der Waals surface area contributed by atoms with Crippen LogP contribution in [0.4, 0.5) is 4.79 Å². The summed E-state index contributed by atoms with van der Waals surface area (Å²) in [6, 6.07) is -0.299. The minimum Gasteiger partial charge on any atom is -0.357 e. The fourth-order valence-electron chi connectivity index (χ4n) is 2.65. The van der Waals surface area contributed by atoms with Crippen molar-refractivity contribution in [1.29, 1.82) is 0 Å². The second-order valence-electron chi connectivity index (χ2n) is 6.51. The molecule has 0 spiro atoms. The van der Waals surface area contributed by atoms with E-state index in [9.17, 15) is 9.59 Å². The third-order valence-electron chi connectivity index (χ3n) is 4.45. The van der Waals surface area contributed by atoms with Crippen LogP contribution in [0.5, 0.6) is 0 Å². The Hall–Kier alpha value is -2.05. The van der Waals surface area contributed by atoms with Gasteiger partial charge in [-0.05, 0) is 39.5 Å². The average Bonchev–Trinajstić information content (AvgIpc) is 2.81. The van der Waals surface area contributed by atoms with Crippen molar-refractivity contribution in [3.05, 3.63) is 12.7 Å². The lowest BCUT2D eigenvalue weighted by molar-refractivity contribution is -0.130. The molecule has 1 heterocycles. The van der Waals surface area contributed by atoms with E-state index < -0.39 is 5.54 Å². The number of nitrogens with one attached hydrogen (secondary N) is 2. The second kappa shape index (κ2) is 10.1. The summed E-state index contributed by atoms with van der Waals surface area (Å²) in [7, 11) is 2.01. The van der Waals surface area contributed by atoms with Crippen molar-refractivity contribution in [2.75, 3.05) is 33.2 Å². The number of rotatable bonds is 10. The van der Waals surface area contributed by atoms with E-state index in [-0.39, 0.29) is 11.9 Å². The Bertz CT molecular complexity index is 506. The van der Waals surface area contributed by atoms with Gasteiger partial charge in [-0.3, -0.25) is 14.7 Å². The first kappa shape index (κ1) is 21.0. The normalized spacial score (nSPS) is 20.6. The molecule has 7 nitrogen and oxygen atoms in total. The zero-order chi connectivity index (χ0) is 18.9. The molecule has 0 aromatic rings. The predicted octanol–water partition coefficient (Wildman–Crippen LogP) is 1.96. The molecule has 1 atom stereocenters. The number of unbranched alkanes of at least 4 members (excludes halogenated alkanes) is 1. The van der Waals surface area contributed by atoms with E-state index in [1.165, 1.54) is 4.90 Å². The van der Waals surface area contributed by atoms with Crippen LogP contribution in [0.15, 0.2) is 17.6 Å². The molecule has 1 unspecified atom stereocenters. The molecule has 0 aliphatic carbocycles. The third-order valence-corrected chi connectivity index (χ3v) is 4.45. The number of hydrogen-bond acceptors (Lipinski definition) is 3. The maximum absolute atomic E-state index is 12.3. The van der Waals surface area contributed by atoms with Crippen molar-refractivity contribution >= 4 is 17.9 Å². The molecule has 1 fully saturated rings. The van der Waals surface area contributed by atoms with E-state index in [2.05, 4.69) is 27.1 Å². The topological polar surface area (TPSA) is 77.0 Å². The molecule has 0 radical (unpaired) electrons. The van der Waals surface area contributed by atoms with Gasteiger partial charge in [-0.1, -0.05) is 13.0 Å². The van der Waals surface area contributed by atoms with Crippen LogP contribution in [0, 0.1) is 0 Å². The molecule has 0 aromatic carbocycles. The molecule has 3 amide bonds. The maximum atomic E-state index is 12.3. The lowest BCUT2D eigenvalue weighted by Gasteiger charge is -2.22. The molecule has 1 aliphatic heterocycles. The number of nitrogens with zero attached hydrogens (tertiary/aromatic N) is 3. The summed E-state index contributed by atoms with van der Waals surface area (Å²) in [5.41, 5.74) is -0.763. The number of imide groups is 1. The van der Waals surface area contributed by atoms with Gasteiger partial charge >= 0.3 is 6.03 Å². The van der Waals surface area contributed by atoms with Gasteiger partial charge in [0.2, 0.25) is 0 Å². The molecule has 25 heavy (non-hydrogen) atoms. The minimum absolute atomic E-state index is 0.141. The summed E-state index contributed by atoms with van der Waals surface area (Å²) in [6.45, 7) is 12.1. The SMILES string of the molecule is C=CCCCN(C)C(=NCCCN1C(=O)NC(C)(CC)C1=O)NCC. The molecule has 1 saturated heterocycles. The van der Waals surface area contributed by atoms with Gasteiger partial charge in [0.15, 0.2) is 5.96 Å². The standard InChI is InChI=1S/C18H33N5O2/c1-6-9-10-13-22(5)16(19-8-3)20-12-11-14-23-15(24)18(4,7-2)21-17(23)25/h6H,1,7-14H2,2-5H3,(H,19,20)(H,21,25). The Balaban J connectivity index is 2.52. The van der Waals surface area contributed by atoms with Crippen molar-refractivity contribution in [3.8, 4) is 0 Å². The van der Waals surface area contributed by atoms with Gasteiger partial charge in [0.1, 0.15) is 5.54 Å². The summed E-state index contributed by atoms with van der Waals surface area (Å²) >= 11 is 0. The van der Waals surface area contributed by atoms with Gasteiger partial charge in [-0.25, -0.2) is 4.79 Å². The first-order chi connectivity index (χ1) is 11.9. The van der Waals surface area contributed by atoms with Gasteiger partial charge in [0, 0.05) is 33.2 Å². The van der Waals surface area contributed by atoms with Crippen molar-refractivity contribution in [3.63, 3.8) is 0 Å². The summed E-state index contributed by atoms with van der Waals surface area (Å²) < 4.78 is 0. The van der Waals surface area contributed by atoms with E-state index in [1.807, 2.05) is 27.0 Å². The molecular formula is C18H33N5O2. The summed E-state index contributed by atoms with van der Waals surface area (Å²) in [6.07, 6.45) is 5.16. The van der Waals surface area contributed by atoms with Crippen LogP contribution in [0.2, 0.25) is 0 Å². The van der Waals surface area contributed by atoms with Gasteiger partial charge in [-0.2, -0.15) is 0 Å². The first-order valence-corrected chi connectivity index (χ1v) is 9.14. The maximum Gasteiger partial charge on any atom is 0.325 e. The van der Waals surface area contributed by atoms with Gasteiger partial charge < -0.3 is 15.5 Å². The lowest BCUT2D eigenvalue weighted by Crippen LogP contribution is -2.43. The summed E-state index contributed by atoms with van der Waals surface area (Å²) in [5.74, 6) is 0.708. The number of amides is 3. The number of aliphatic imine (C=N–C) groups is 1. The van der Waals surface area contributed by atoms with Crippen molar-refractivity contribution in [1.82, 2.24) is 20.4 Å². The molecule has 142 valence electrons. The van der Waals surface area contributed by atoms with E-state index in [0.717, 1.165) is 31.9 Å². The number of urea groups is 1. The average molecular weight is 351 g/mol. The van der Waals surface area contributed by atoms with E-state index in [1.54, 1.807) is 6.92 Å². The quantitative estimate of drug-likeness (QED) is 0.207. The van der Waals surface area contributed by atoms with Crippen LogP contribution in [0.25, 0.3) is 0 Å². The molecule has 2 N–H and O–H groups in total. The smallest absolute Gasteiger partial charge is 0.325 e. The van der Waals surface area contributed by atoms with Gasteiger partial charge in [-0.15, -0.1) is 6.58 Å². The van der Waals surface area contributed by atoms with Crippen LogP contribution in [-0.2, 0) is 4.79 Å². The largest absolute Gasteiger partial charge is 0.357 e. The Morgan fingerprint density at radius 2 is 2.12 bits per heavy atom. The van der Waals surface area contributed by atoms with Crippen LogP contribution >= 0.6 is 0 Å². The van der Waals surface area contributed by atoms with Crippen LogP contribution in [0.3, 0.4) is 0 Å². The predicted molar refractivity (Wildman–Crippen MR) is 102 cm³/mol. The Labute approximate surface area is 151 Å². The van der Waals surface area contributed by atoms with E-state index in [4.69, 9.17) is 0 Å². The van der Waals surface area contributed by atoms with E-state index >= 15 is 0 Å². The van der Waals surface area contributed by atoms with Crippen LogP contribution in [-0.4, -0.2) is 66.5 Å². The van der Waals surface area contributed by atoms with Gasteiger partial charge in [0.05, 0.1) is 0 Å². The Kier molecular flexibility index (Phi) is 8.45. The molecule has 0 bridgehead atoms. The van der Waals surface area contributed by atoms with Crippen LogP contribution < -0.4 is 10.6 Å². The molecule has 7 heteroatoms. The molecular weight excluding hydrogens is 318 g/mol. The lowest BCUT2D eigenvalue weighted by atomic mass is 9.99. The highest BCUT2D eigenvalue weighted by Gasteiger charge is 2.45. The fourth-order valence-corrected chi connectivity index (χ4v) is 2.65. The minimum atomic E-state index is -0.763. The number of hydrogen-bond donors (Lipinski definition) is 2. The molecule has 1 aliphatic rings. The van der Waals surface area contributed by atoms with Gasteiger partial charge in [0.25, 0.3) is 5.91 Å². The summed E-state index contributed by atoms with van der Waals surface area (Å²) in [4.78, 5) is 32.3. The van der Waals surface area contributed by atoms with Crippen molar-refractivity contribution in [2.45, 2.75) is 52.0 Å². The van der Waals surface area contributed by atoms with Crippen LogP contribution in [0.1, 0.15) is 46.5 Å². The highest BCUT2D eigenvalue weighted by atomic mass is 16.2. The molecule has 1 rings (SSSR count). The Morgan fingerprint density at radius 1 is 1.40 bits per heavy atom. The monoisotopic (exact) mass is 351 g/mol. The summed E-state index contributed by atoms with van der Waals surface area (Å²) in [5, 5.41) is 6.04. The number of allylic oxidation sites excluding steroid dienone is 1. The van der Waals surface area contributed by atoms with E-state index in [0.29, 0.717) is 25.9 Å². The highest BCUT2D eigenvalue weighted by Crippen LogP contribution is 2.20. The number of carbonyl (C=O) groups is 2. The third kappa shape index (κ3) is 5.76. The zero-order valence-electron chi connectivity index (χ0n) is 16.1. The Morgan fingerprint density at radius 3 is 2.68 bits per heavy atom. The number of carbonyl (C=O) groups excluding carboxylic acids is 2. The molecule has 0 aromatic heterocycles. The highest BCUT2D eigenvalue weighted by molar-refractivity contribution is 6.06. The molecule has 0 saturated carbocycles. The van der Waals surface area contributed by atoms with Crippen molar-refractivity contribution in [2.24, 2.45) is 4.99 Å². The van der Waals surface area contributed by atoms with Crippen molar-refractivity contribution < 1.29 is 9.59 Å². The fraction of sp³-hybridized carbons (Fsp3) is 0.722. The number of guanidine groups is 1.